The monoisotopic (exact) mass is 356 g/mol. The summed E-state index contributed by atoms with van der Waals surface area (Å²) in [5.74, 6) is -0.0283. The highest BCUT2D eigenvalue weighted by Gasteiger charge is 2.11. The van der Waals surface area contributed by atoms with E-state index in [1.165, 1.54) is 0 Å². The molecule has 0 saturated heterocycles. The second-order valence-corrected chi connectivity index (χ2v) is 5.13. The average Bonchev–Trinajstić information content (AvgIpc) is 2.81. The number of Topliss-reactive ketones (excluding diaryl/α,β-unsaturated/α-hetero) is 1. The lowest BCUT2D eigenvalue weighted by atomic mass is 10.1. The molecule has 2 N–H and O–H groups in total. The van der Waals surface area contributed by atoms with Gasteiger partial charge in [-0.25, -0.2) is 0 Å². The van der Waals surface area contributed by atoms with Crippen LogP contribution in [0, 0.1) is 3.57 Å². The van der Waals surface area contributed by atoms with Gasteiger partial charge in [-0.15, -0.1) is 5.10 Å². The number of rotatable bonds is 5. The van der Waals surface area contributed by atoms with Crippen molar-refractivity contribution >= 4 is 28.4 Å². The number of aromatic nitrogens is 3. The summed E-state index contributed by atoms with van der Waals surface area (Å²) < 4.78 is 2.74. The van der Waals surface area contributed by atoms with Gasteiger partial charge in [-0.1, -0.05) is 17.3 Å². The van der Waals surface area contributed by atoms with Gasteiger partial charge in [-0.3, -0.25) is 9.48 Å². The fourth-order valence-corrected chi connectivity index (χ4v) is 1.91. The Morgan fingerprint density at radius 2 is 2.06 bits per heavy atom. The third-order valence-corrected chi connectivity index (χ3v) is 3.18. The van der Waals surface area contributed by atoms with E-state index in [9.17, 15) is 4.79 Å². The van der Waals surface area contributed by atoms with Crippen molar-refractivity contribution in [2.45, 2.75) is 13.0 Å². The lowest BCUT2D eigenvalue weighted by Gasteiger charge is -1.98. The molecule has 0 saturated carbocycles. The molecule has 18 heavy (non-hydrogen) atoms. The van der Waals surface area contributed by atoms with E-state index in [1.54, 1.807) is 10.9 Å². The summed E-state index contributed by atoms with van der Waals surface area (Å²) in [6.07, 6.45) is 1.99. The molecule has 5 nitrogen and oxygen atoms in total. The van der Waals surface area contributed by atoms with Gasteiger partial charge in [0.15, 0.2) is 5.78 Å². The number of benzene rings is 1. The first-order valence-corrected chi connectivity index (χ1v) is 6.65. The topological polar surface area (TPSA) is 73.8 Å². The van der Waals surface area contributed by atoms with Gasteiger partial charge in [0.2, 0.25) is 0 Å². The molecule has 0 radical (unpaired) electrons. The maximum atomic E-state index is 12.0. The molecular weight excluding hydrogens is 343 g/mol. The molecule has 1 aromatic carbocycles. The minimum Gasteiger partial charge on any atom is -0.329 e. The predicted octanol–water partition coefficient (Wildman–Crippen LogP) is 1.27. The number of nitrogens with two attached hydrogens (primary N) is 1. The van der Waals surface area contributed by atoms with Crippen LogP contribution in [-0.4, -0.2) is 27.3 Å². The summed E-state index contributed by atoms with van der Waals surface area (Å²) >= 11 is 2.23. The lowest BCUT2D eigenvalue weighted by molar-refractivity contribution is 0.0988. The SMILES string of the molecule is NCCn1cc(C(=O)Cc2ccc(I)cc2)nn1. The maximum Gasteiger partial charge on any atom is 0.189 e. The predicted molar refractivity (Wildman–Crippen MR) is 76.3 cm³/mol. The molecule has 2 rings (SSSR count). The summed E-state index contributed by atoms with van der Waals surface area (Å²) in [4.78, 5) is 12.0. The summed E-state index contributed by atoms with van der Waals surface area (Å²) in [5, 5.41) is 7.70. The Kier molecular flexibility index (Phi) is 4.43. The Morgan fingerprint density at radius 3 is 2.72 bits per heavy atom. The standard InChI is InChI=1S/C12H13IN4O/c13-10-3-1-9(2-4-10)7-12(18)11-8-17(6-5-14)16-15-11/h1-4,8H,5-7,14H2. The van der Waals surface area contributed by atoms with Crippen molar-refractivity contribution in [2.75, 3.05) is 6.54 Å². The molecule has 94 valence electrons. The lowest BCUT2D eigenvalue weighted by Crippen LogP contribution is -2.10. The van der Waals surface area contributed by atoms with Crippen molar-refractivity contribution < 1.29 is 4.79 Å². The van der Waals surface area contributed by atoms with Crippen LogP contribution in [0.1, 0.15) is 16.1 Å². The highest BCUT2D eigenvalue weighted by molar-refractivity contribution is 14.1. The van der Waals surface area contributed by atoms with Crippen molar-refractivity contribution in [3.05, 3.63) is 45.3 Å². The molecule has 0 aliphatic heterocycles. The summed E-state index contributed by atoms with van der Waals surface area (Å²) in [6.45, 7) is 1.05. The summed E-state index contributed by atoms with van der Waals surface area (Å²) in [7, 11) is 0. The van der Waals surface area contributed by atoms with Crippen LogP contribution in [-0.2, 0) is 13.0 Å². The first kappa shape index (κ1) is 13.2. The minimum absolute atomic E-state index is 0.0283. The van der Waals surface area contributed by atoms with E-state index in [0.29, 0.717) is 25.2 Å². The van der Waals surface area contributed by atoms with Gasteiger partial charge in [-0.05, 0) is 40.3 Å². The van der Waals surface area contributed by atoms with Crippen molar-refractivity contribution in [3.63, 3.8) is 0 Å². The van der Waals surface area contributed by atoms with E-state index < -0.39 is 0 Å². The number of carbonyl (C=O) groups excluding carboxylic acids is 1. The Labute approximate surface area is 119 Å². The molecule has 1 heterocycles. The first-order chi connectivity index (χ1) is 8.69. The van der Waals surface area contributed by atoms with Crippen LogP contribution in [0.15, 0.2) is 30.5 Å². The zero-order valence-corrected chi connectivity index (χ0v) is 11.9. The highest BCUT2D eigenvalue weighted by Crippen LogP contribution is 2.09. The molecule has 2 aromatic rings. The van der Waals surface area contributed by atoms with Gasteiger partial charge in [-0.2, -0.15) is 0 Å². The minimum atomic E-state index is -0.0283. The molecule has 0 amide bonds. The van der Waals surface area contributed by atoms with E-state index in [4.69, 9.17) is 5.73 Å². The number of carbonyl (C=O) groups is 1. The van der Waals surface area contributed by atoms with Crippen LogP contribution in [0.25, 0.3) is 0 Å². The van der Waals surface area contributed by atoms with Gasteiger partial charge < -0.3 is 5.73 Å². The molecule has 6 heteroatoms. The normalized spacial score (nSPS) is 10.6. The second-order valence-electron chi connectivity index (χ2n) is 3.88. The number of halogens is 1. The van der Waals surface area contributed by atoms with E-state index in [-0.39, 0.29) is 5.78 Å². The molecule has 0 aliphatic carbocycles. The molecule has 0 fully saturated rings. The quantitative estimate of drug-likeness (QED) is 0.647. The summed E-state index contributed by atoms with van der Waals surface area (Å²) in [6, 6.07) is 7.86. The number of ketones is 1. The fourth-order valence-electron chi connectivity index (χ4n) is 1.55. The van der Waals surface area contributed by atoms with E-state index in [1.807, 2.05) is 24.3 Å². The Morgan fingerprint density at radius 1 is 1.33 bits per heavy atom. The number of hydrogen-bond donors (Lipinski definition) is 1. The molecule has 0 bridgehead atoms. The van der Waals surface area contributed by atoms with Crippen LogP contribution in [0.5, 0.6) is 0 Å². The number of nitrogens with zero attached hydrogens (tertiary/aromatic N) is 3. The van der Waals surface area contributed by atoms with Crippen LogP contribution >= 0.6 is 22.6 Å². The zero-order valence-electron chi connectivity index (χ0n) is 9.71. The highest BCUT2D eigenvalue weighted by atomic mass is 127. The van der Waals surface area contributed by atoms with Gasteiger partial charge in [0, 0.05) is 16.5 Å². The van der Waals surface area contributed by atoms with E-state index in [0.717, 1.165) is 9.13 Å². The number of hydrogen-bond acceptors (Lipinski definition) is 4. The summed E-state index contributed by atoms with van der Waals surface area (Å²) in [5.41, 5.74) is 6.78. The largest absolute Gasteiger partial charge is 0.329 e. The van der Waals surface area contributed by atoms with Crippen LogP contribution in [0.2, 0.25) is 0 Å². The Hall–Kier alpha value is -1.28. The third kappa shape index (κ3) is 3.36. The van der Waals surface area contributed by atoms with E-state index in [2.05, 4.69) is 32.9 Å². The first-order valence-electron chi connectivity index (χ1n) is 5.57. The van der Waals surface area contributed by atoms with Crippen LogP contribution in [0.4, 0.5) is 0 Å². The molecule has 0 aliphatic rings. The van der Waals surface area contributed by atoms with Crippen molar-refractivity contribution in [3.8, 4) is 0 Å². The Bertz CT molecular complexity index is 535. The van der Waals surface area contributed by atoms with Gasteiger partial charge in [0.25, 0.3) is 0 Å². The molecule has 0 atom stereocenters. The van der Waals surface area contributed by atoms with Crippen LogP contribution < -0.4 is 5.73 Å². The molecule has 1 aromatic heterocycles. The van der Waals surface area contributed by atoms with Gasteiger partial charge >= 0.3 is 0 Å². The molecular formula is C12H13IN4O. The smallest absolute Gasteiger partial charge is 0.189 e. The molecule has 0 spiro atoms. The van der Waals surface area contributed by atoms with Gasteiger partial charge in [0.1, 0.15) is 5.69 Å². The van der Waals surface area contributed by atoms with E-state index >= 15 is 0 Å². The van der Waals surface area contributed by atoms with Crippen LogP contribution in [0.3, 0.4) is 0 Å². The maximum absolute atomic E-state index is 12.0. The van der Waals surface area contributed by atoms with Crippen molar-refractivity contribution in [1.29, 1.82) is 0 Å². The van der Waals surface area contributed by atoms with Crippen molar-refractivity contribution in [2.24, 2.45) is 5.73 Å². The molecule has 0 unspecified atom stereocenters. The fraction of sp³-hybridized carbons (Fsp3) is 0.250. The average molecular weight is 356 g/mol. The van der Waals surface area contributed by atoms with Crippen molar-refractivity contribution in [1.82, 2.24) is 15.0 Å². The Balaban J connectivity index is 2.04. The second kappa shape index (κ2) is 6.05. The van der Waals surface area contributed by atoms with Gasteiger partial charge in [0.05, 0.1) is 12.7 Å². The third-order valence-electron chi connectivity index (χ3n) is 2.46. The zero-order chi connectivity index (χ0) is 13.0.